The third kappa shape index (κ3) is 5.34. The Kier molecular flexibility index (Phi) is 6.49. The Balaban J connectivity index is 1.47. The molecule has 3 rings (SSSR count). The molecule has 27 heavy (non-hydrogen) atoms. The first kappa shape index (κ1) is 19.0. The quantitative estimate of drug-likeness (QED) is 0.752. The number of piperazine rings is 1. The van der Waals surface area contributed by atoms with E-state index in [1.807, 2.05) is 29.2 Å². The number of anilines is 1. The van der Waals surface area contributed by atoms with Gasteiger partial charge in [-0.1, -0.05) is 0 Å². The molecule has 7 heteroatoms. The molecule has 2 heterocycles. The van der Waals surface area contributed by atoms with Gasteiger partial charge < -0.3 is 24.6 Å². The van der Waals surface area contributed by atoms with Crippen LogP contribution in [0.5, 0.6) is 11.5 Å². The Morgan fingerprint density at radius 3 is 2.52 bits per heavy atom. The van der Waals surface area contributed by atoms with Crippen LogP contribution in [0.1, 0.15) is 10.4 Å². The minimum Gasteiger partial charge on any atom is -0.497 e. The van der Waals surface area contributed by atoms with Gasteiger partial charge in [0, 0.05) is 37.9 Å². The number of pyridine rings is 1. The normalized spacial score (nSPS) is 14.7. The number of aromatic nitrogens is 1. The maximum atomic E-state index is 12.6. The van der Waals surface area contributed by atoms with E-state index in [1.54, 1.807) is 25.4 Å². The molecule has 1 aliphatic rings. The predicted octanol–water partition coefficient (Wildman–Crippen LogP) is 1.97. The molecule has 1 N–H and O–H groups in total. The second-order valence-electron chi connectivity index (χ2n) is 6.48. The zero-order valence-corrected chi connectivity index (χ0v) is 15.9. The van der Waals surface area contributed by atoms with E-state index in [4.69, 9.17) is 9.47 Å². The van der Waals surface area contributed by atoms with Gasteiger partial charge in [0.25, 0.3) is 5.91 Å². The molecule has 1 aromatic heterocycles. The fraction of sp³-hybridized carbons (Fsp3) is 0.400. The molecular weight excluding hydrogens is 344 g/mol. The molecule has 7 nitrogen and oxygen atoms in total. The number of hydrogen-bond donors (Lipinski definition) is 1. The van der Waals surface area contributed by atoms with Crippen molar-refractivity contribution >= 4 is 11.7 Å². The van der Waals surface area contributed by atoms with E-state index in [0.29, 0.717) is 24.5 Å². The Morgan fingerprint density at radius 2 is 1.81 bits per heavy atom. The number of hydrogen-bond acceptors (Lipinski definition) is 6. The van der Waals surface area contributed by atoms with Crippen LogP contribution in [-0.4, -0.2) is 74.2 Å². The number of rotatable bonds is 7. The fourth-order valence-corrected chi connectivity index (χ4v) is 2.87. The molecule has 1 aliphatic heterocycles. The van der Waals surface area contributed by atoms with Crippen molar-refractivity contribution in [3.05, 3.63) is 48.2 Å². The molecule has 1 saturated heterocycles. The number of nitrogens with one attached hydrogen (secondary N) is 1. The molecule has 2 aromatic rings. The average Bonchev–Trinajstić information content (AvgIpc) is 2.72. The van der Waals surface area contributed by atoms with Crippen LogP contribution in [0.4, 0.5) is 5.82 Å². The van der Waals surface area contributed by atoms with E-state index in [1.165, 1.54) is 0 Å². The second-order valence-corrected chi connectivity index (χ2v) is 6.48. The van der Waals surface area contributed by atoms with Crippen molar-refractivity contribution in [1.82, 2.24) is 14.8 Å². The average molecular weight is 370 g/mol. The molecular formula is C20H26N4O3. The molecule has 0 radical (unpaired) electrons. The summed E-state index contributed by atoms with van der Waals surface area (Å²) in [6, 6.07) is 11.0. The van der Waals surface area contributed by atoms with Crippen LogP contribution in [-0.2, 0) is 0 Å². The van der Waals surface area contributed by atoms with Crippen LogP contribution in [0.2, 0.25) is 0 Å². The number of benzene rings is 1. The Morgan fingerprint density at radius 1 is 1.11 bits per heavy atom. The lowest BCUT2D eigenvalue weighted by Crippen LogP contribution is -2.47. The minimum absolute atomic E-state index is 0.0584. The number of carbonyl (C=O) groups is 1. The van der Waals surface area contributed by atoms with Crippen LogP contribution < -0.4 is 14.8 Å². The zero-order chi connectivity index (χ0) is 19.1. The van der Waals surface area contributed by atoms with Gasteiger partial charge in [-0.25, -0.2) is 4.98 Å². The van der Waals surface area contributed by atoms with Crippen molar-refractivity contribution in [3.8, 4) is 11.5 Å². The third-order valence-corrected chi connectivity index (χ3v) is 4.53. The number of amides is 1. The first-order chi connectivity index (χ1) is 13.2. The van der Waals surface area contributed by atoms with Crippen molar-refractivity contribution < 1.29 is 14.3 Å². The number of carbonyl (C=O) groups excluding carboxylic acids is 1. The predicted molar refractivity (Wildman–Crippen MR) is 105 cm³/mol. The first-order valence-electron chi connectivity index (χ1n) is 9.10. The van der Waals surface area contributed by atoms with Crippen molar-refractivity contribution in [1.29, 1.82) is 0 Å². The van der Waals surface area contributed by atoms with Gasteiger partial charge in [-0.05, 0) is 43.4 Å². The molecule has 0 atom stereocenters. The van der Waals surface area contributed by atoms with Crippen LogP contribution in [0.25, 0.3) is 0 Å². The highest BCUT2D eigenvalue weighted by atomic mass is 16.5. The van der Waals surface area contributed by atoms with Crippen molar-refractivity contribution in [2.24, 2.45) is 0 Å². The minimum atomic E-state index is 0.0584. The Labute approximate surface area is 159 Å². The largest absolute Gasteiger partial charge is 0.497 e. The van der Waals surface area contributed by atoms with Crippen LogP contribution in [0.3, 0.4) is 0 Å². The lowest BCUT2D eigenvalue weighted by atomic mass is 10.2. The summed E-state index contributed by atoms with van der Waals surface area (Å²) in [4.78, 5) is 21.0. The van der Waals surface area contributed by atoms with E-state index < -0.39 is 0 Å². The fourth-order valence-electron chi connectivity index (χ4n) is 2.87. The summed E-state index contributed by atoms with van der Waals surface area (Å²) in [5.74, 6) is 2.31. The molecule has 1 amide bonds. The summed E-state index contributed by atoms with van der Waals surface area (Å²) in [7, 11) is 3.71. The summed E-state index contributed by atoms with van der Waals surface area (Å²) >= 11 is 0. The Bertz CT molecular complexity index is 743. The summed E-state index contributed by atoms with van der Waals surface area (Å²) in [5.41, 5.74) is 0.660. The van der Waals surface area contributed by atoms with Gasteiger partial charge in [0.05, 0.1) is 13.7 Å². The maximum absolute atomic E-state index is 12.6. The first-order valence-corrected chi connectivity index (χ1v) is 9.10. The summed E-state index contributed by atoms with van der Waals surface area (Å²) in [6.07, 6.45) is 1.66. The van der Waals surface area contributed by atoms with Gasteiger partial charge in [-0.15, -0.1) is 0 Å². The standard InChI is InChI=1S/C20H26N4O3/c1-23-10-12-24(13-11-23)20(25)16-7-8-21-19(15-16)22-9-14-27-18-5-3-17(26-2)4-6-18/h3-8,15H,9-14H2,1-2H3,(H,21,22). The Hall–Kier alpha value is -2.80. The van der Waals surface area contributed by atoms with Gasteiger partial charge in [0.1, 0.15) is 23.9 Å². The SMILES string of the molecule is COc1ccc(OCCNc2cc(C(=O)N3CCN(C)CC3)ccn2)cc1. The molecule has 0 saturated carbocycles. The topological polar surface area (TPSA) is 66.9 Å². The van der Waals surface area contributed by atoms with Gasteiger partial charge >= 0.3 is 0 Å². The number of ether oxygens (including phenoxy) is 2. The van der Waals surface area contributed by atoms with Gasteiger partial charge in [-0.3, -0.25) is 4.79 Å². The van der Waals surface area contributed by atoms with E-state index in [0.717, 1.165) is 37.7 Å². The van der Waals surface area contributed by atoms with Gasteiger partial charge in [0.2, 0.25) is 0 Å². The highest BCUT2D eigenvalue weighted by Crippen LogP contribution is 2.17. The number of likely N-dealkylation sites (N-methyl/N-ethyl adjacent to an activating group) is 1. The van der Waals surface area contributed by atoms with Crippen molar-refractivity contribution in [2.75, 3.05) is 58.8 Å². The van der Waals surface area contributed by atoms with Crippen molar-refractivity contribution in [2.45, 2.75) is 0 Å². The molecule has 0 unspecified atom stereocenters. The van der Waals surface area contributed by atoms with Crippen molar-refractivity contribution in [3.63, 3.8) is 0 Å². The zero-order valence-electron chi connectivity index (χ0n) is 15.9. The highest BCUT2D eigenvalue weighted by molar-refractivity contribution is 5.94. The van der Waals surface area contributed by atoms with E-state index in [9.17, 15) is 4.79 Å². The van der Waals surface area contributed by atoms with E-state index >= 15 is 0 Å². The third-order valence-electron chi connectivity index (χ3n) is 4.53. The van der Waals surface area contributed by atoms with E-state index in [-0.39, 0.29) is 5.91 Å². The summed E-state index contributed by atoms with van der Waals surface area (Å²) in [6.45, 7) is 4.41. The number of methoxy groups -OCH3 is 1. The molecule has 1 fully saturated rings. The monoisotopic (exact) mass is 370 g/mol. The molecule has 144 valence electrons. The lowest BCUT2D eigenvalue weighted by molar-refractivity contribution is 0.0664. The molecule has 1 aromatic carbocycles. The van der Waals surface area contributed by atoms with Crippen LogP contribution >= 0.6 is 0 Å². The molecule has 0 aliphatic carbocycles. The summed E-state index contributed by atoms with van der Waals surface area (Å²) in [5, 5.41) is 3.20. The molecule has 0 bridgehead atoms. The lowest BCUT2D eigenvalue weighted by Gasteiger charge is -2.32. The van der Waals surface area contributed by atoms with Crippen LogP contribution in [0.15, 0.2) is 42.6 Å². The second kappa shape index (κ2) is 9.23. The van der Waals surface area contributed by atoms with Gasteiger partial charge in [0.15, 0.2) is 0 Å². The highest BCUT2D eigenvalue weighted by Gasteiger charge is 2.20. The maximum Gasteiger partial charge on any atom is 0.254 e. The smallest absolute Gasteiger partial charge is 0.254 e. The van der Waals surface area contributed by atoms with Gasteiger partial charge in [-0.2, -0.15) is 0 Å². The van der Waals surface area contributed by atoms with E-state index in [2.05, 4.69) is 22.2 Å². The molecule has 0 spiro atoms. The summed E-state index contributed by atoms with van der Waals surface area (Å²) < 4.78 is 10.8. The number of nitrogens with zero attached hydrogens (tertiary/aromatic N) is 3. The van der Waals surface area contributed by atoms with Crippen LogP contribution in [0, 0.1) is 0 Å².